The average molecular weight is 483 g/mol. The lowest BCUT2D eigenvalue weighted by Gasteiger charge is -2.50. The summed E-state index contributed by atoms with van der Waals surface area (Å²) in [6.45, 7) is 14.7. The Morgan fingerprint density at radius 3 is 2.74 bits per heavy atom. The third kappa shape index (κ3) is 4.30. The van der Waals surface area contributed by atoms with Crippen molar-refractivity contribution in [1.82, 2.24) is 4.90 Å². The van der Waals surface area contributed by atoms with Crippen molar-refractivity contribution in [2.75, 3.05) is 19.6 Å². The molecule has 4 aliphatic carbocycles. The quantitative estimate of drug-likeness (QED) is 0.519. The van der Waals surface area contributed by atoms with E-state index in [1.165, 1.54) is 31.3 Å². The molecule has 3 N–H and O–H groups in total. The number of aliphatic hydroxyl groups is 1. The van der Waals surface area contributed by atoms with Crippen LogP contribution in [-0.4, -0.2) is 47.6 Å². The Morgan fingerprint density at radius 2 is 2.00 bits per heavy atom. The molecule has 5 rings (SSSR count). The molecule has 35 heavy (non-hydrogen) atoms. The number of nitrogens with zero attached hydrogens (tertiary/aromatic N) is 1. The molecule has 0 aromatic carbocycles. The van der Waals surface area contributed by atoms with Crippen molar-refractivity contribution >= 4 is 5.78 Å². The predicted molar refractivity (Wildman–Crippen MR) is 143 cm³/mol. The molecule has 3 fully saturated rings. The van der Waals surface area contributed by atoms with Gasteiger partial charge in [0, 0.05) is 32.1 Å². The van der Waals surface area contributed by atoms with E-state index >= 15 is 0 Å². The molecular weight excluding hydrogens is 432 g/mol. The molecule has 9 atom stereocenters. The first-order valence-corrected chi connectivity index (χ1v) is 14.6. The van der Waals surface area contributed by atoms with Crippen LogP contribution in [0, 0.1) is 40.4 Å². The van der Waals surface area contributed by atoms with Gasteiger partial charge in [-0.1, -0.05) is 44.4 Å². The highest BCUT2D eigenvalue weighted by molar-refractivity contribution is 5.91. The van der Waals surface area contributed by atoms with E-state index in [9.17, 15) is 9.90 Å². The van der Waals surface area contributed by atoms with Crippen LogP contribution >= 0.6 is 0 Å². The molecular formula is C31H50N2O2. The van der Waals surface area contributed by atoms with Crippen LogP contribution < -0.4 is 5.73 Å². The molecule has 0 amide bonds. The Hall–Kier alpha value is -0.970. The van der Waals surface area contributed by atoms with Crippen molar-refractivity contribution in [3.63, 3.8) is 0 Å². The smallest absolute Gasteiger partial charge is 0.155 e. The molecule has 0 spiro atoms. The lowest BCUT2D eigenvalue weighted by molar-refractivity contribution is -0.116. The van der Waals surface area contributed by atoms with Crippen LogP contribution in [0.3, 0.4) is 0 Å². The summed E-state index contributed by atoms with van der Waals surface area (Å²) >= 11 is 0. The Kier molecular flexibility index (Phi) is 6.90. The Balaban J connectivity index is 1.40. The zero-order valence-electron chi connectivity index (χ0n) is 23.0. The third-order valence-corrected chi connectivity index (χ3v) is 11.7. The highest BCUT2D eigenvalue weighted by Crippen LogP contribution is 2.64. The van der Waals surface area contributed by atoms with E-state index in [-0.39, 0.29) is 23.0 Å². The van der Waals surface area contributed by atoms with Gasteiger partial charge in [-0.25, -0.2) is 0 Å². The SMILES string of the molecule is CC1=C2C[C@H]3[C@@H](CCC4=CC(=O)CC[C@@]43C)[C@@H]2CC[C@@](C)([C@H](C)[C@H]2[C@H](O)C[C@H](C)CN2CCN)C1. The molecule has 4 heteroatoms. The van der Waals surface area contributed by atoms with Gasteiger partial charge in [-0.2, -0.15) is 0 Å². The number of ketones is 1. The van der Waals surface area contributed by atoms with Gasteiger partial charge >= 0.3 is 0 Å². The summed E-state index contributed by atoms with van der Waals surface area (Å²) in [6.07, 6.45) is 11.8. The number of aliphatic hydroxyl groups excluding tert-OH is 1. The minimum Gasteiger partial charge on any atom is -0.391 e. The molecule has 2 saturated carbocycles. The van der Waals surface area contributed by atoms with Crippen LogP contribution in [0.25, 0.3) is 0 Å². The zero-order valence-corrected chi connectivity index (χ0v) is 23.0. The molecule has 1 saturated heterocycles. The summed E-state index contributed by atoms with van der Waals surface area (Å²) in [4.78, 5) is 14.7. The van der Waals surface area contributed by atoms with Crippen molar-refractivity contribution in [1.29, 1.82) is 0 Å². The predicted octanol–water partition coefficient (Wildman–Crippen LogP) is 5.50. The highest BCUT2D eigenvalue weighted by atomic mass is 16.3. The van der Waals surface area contributed by atoms with Crippen LogP contribution in [0.4, 0.5) is 0 Å². The van der Waals surface area contributed by atoms with E-state index in [0.717, 1.165) is 57.0 Å². The van der Waals surface area contributed by atoms with E-state index < -0.39 is 0 Å². The number of hydrogen-bond acceptors (Lipinski definition) is 4. The fourth-order valence-corrected chi connectivity index (χ4v) is 9.68. The molecule has 0 aromatic heterocycles. The summed E-state index contributed by atoms with van der Waals surface area (Å²) in [6, 6.07) is 0.212. The van der Waals surface area contributed by atoms with E-state index in [1.54, 1.807) is 11.1 Å². The fourth-order valence-electron chi connectivity index (χ4n) is 9.68. The minimum atomic E-state index is -0.255. The molecule has 0 radical (unpaired) electrons. The highest BCUT2D eigenvalue weighted by Gasteiger charge is 2.55. The molecule has 0 bridgehead atoms. The molecule has 0 unspecified atom stereocenters. The van der Waals surface area contributed by atoms with Gasteiger partial charge in [-0.05, 0) is 105 Å². The molecule has 0 aromatic rings. The normalized spacial score (nSPS) is 45.3. The van der Waals surface area contributed by atoms with Crippen molar-refractivity contribution in [3.8, 4) is 0 Å². The van der Waals surface area contributed by atoms with Crippen LogP contribution in [-0.2, 0) is 4.79 Å². The van der Waals surface area contributed by atoms with Gasteiger partial charge in [0.05, 0.1) is 6.10 Å². The Morgan fingerprint density at radius 1 is 1.23 bits per heavy atom. The van der Waals surface area contributed by atoms with E-state index in [1.807, 2.05) is 6.08 Å². The number of fused-ring (bicyclic) bond motifs is 5. The second-order valence-electron chi connectivity index (χ2n) is 13.8. The molecule has 1 heterocycles. The van der Waals surface area contributed by atoms with Crippen LogP contribution in [0.5, 0.6) is 0 Å². The Bertz CT molecular complexity index is 908. The Labute approximate surface area is 213 Å². The second kappa shape index (κ2) is 9.40. The summed E-state index contributed by atoms with van der Waals surface area (Å²) in [5.74, 6) is 3.54. The van der Waals surface area contributed by atoms with Gasteiger partial charge in [0.25, 0.3) is 0 Å². The van der Waals surface area contributed by atoms with Gasteiger partial charge in [0.2, 0.25) is 0 Å². The number of nitrogens with two attached hydrogens (primary N) is 1. The van der Waals surface area contributed by atoms with Gasteiger partial charge in [-0.15, -0.1) is 0 Å². The number of piperidine rings is 1. The van der Waals surface area contributed by atoms with Crippen molar-refractivity contribution in [3.05, 3.63) is 22.8 Å². The number of rotatable bonds is 4. The summed E-state index contributed by atoms with van der Waals surface area (Å²) < 4.78 is 0. The number of carbonyl (C=O) groups is 1. The summed E-state index contributed by atoms with van der Waals surface area (Å²) in [7, 11) is 0. The molecule has 5 aliphatic rings. The van der Waals surface area contributed by atoms with Crippen molar-refractivity contribution in [2.45, 2.75) is 105 Å². The van der Waals surface area contributed by atoms with Crippen molar-refractivity contribution < 1.29 is 9.90 Å². The van der Waals surface area contributed by atoms with Gasteiger partial charge < -0.3 is 10.8 Å². The fraction of sp³-hybridized carbons (Fsp3) is 0.839. The maximum absolute atomic E-state index is 12.2. The maximum atomic E-state index is 12.2. The molecule has 4 nitrogen and oxygen atoms in total. The number of hydrogen-bond donors (Lipinski definition) is 2. The first-order chi connectivity index (χ1) is 16.6. The molecule has 196 valence electrons. The van der Waals surface area contributed by atoms with Crippen LogP contribution in [0.15, 0.2) is 22.8 Å². The second-order valence-corrected chi connectivity index (χ2v) is 13.8. The number of likely N-dealkylation sites (tertiary alicyclic amines) is 1. The first-order valence-electron chi connectivity index (χ1n) is 14.6. The molecule has 1 aliphatic heterocycles. The standard InChI is InChI=1S/C31H50N2O2/c1-19-14-28(35)29(33(18-19)13-12-32)21(3)30(4)10-9-24-25-7-6-22-15-23(34)8-11-31(22,5)27(25)16-26(24)20(2)17-30/h15,19,21,24-25,27-29,35H,6-14,16-18,32H2,1-5H3/t19-,21+,24-,25-,27-,28+,29-,30+,31-/m0/s1. The summed E-state index contributed by atoms with van der Waals surface area (Å²) in [5, 5.41) is 11.2. The maximum Gasteiger partial charge on any atom is 0.155 e. The lowest BCUT2D eigenvalue weighted by Crippen LogP contribution is -2.58. The van der Waals surface area contributed by atoms with Gasteiger partial charge in [0.15, 0.2) is 5.78 Å². The topological polar surface area (TPSA) is 66.6 Å². The third-order valence-electron chi connectivity index (χ3n) is 11.7. The zero-order chi connectivity index (χ0) is 25.1. The minimum absolute atomic E-state index is 0.205. The van der Waals surface area contributed by atoms with Crippen LogP contribution in [0.1, 0.15) is 92.4 Å². The average Bonchev–Trinajstić information content (AvgIpc) is 3.12. The van der Waals surface area contributed by atoms with E-state index in [0.29, 0.717) is 30.1 Å². The lowest BCUT2D eigenvalue weighted by atomic mass is 9.56. The number of allylic oxidation sites excluding steroid dienone is 4. The van der Waals surface area contributed by atoms with Crippen LogP contribution in [0.2, 0.25) is 0 Å². The summed E-state index contributed by atoms with van der Waals surface area (Å²) in [5.41, 5.74) is 11.3. The monoisotopic (exact) mass is 482 g/mol. The van der Waals surface area contributed by atoms with E-state index in [2.05, 4.69) is 39.5 Å². The first kappa shape index (κ1) is 25.7. The van der Waals surface area contributed by atoms with E-state index in [4.69, 9.17) is 5.73 Å². The van der Waals surface area contributed by atoms with Gasteiger partial charge in [-0.3, -0.25) is 9.69 Å². The van der Waals surface area contributed by atoms with Gasteiger partial charge in [0.1, 0.15) is 0 Å². The number of carbonyl (C=O) groups excluding carboxylic acids is 1. The van der Waals surface area contributed by atoms with Crippen molar-refractivity contribution in [2.24, 2.45) is 46.2 Å². The largest absolute Gasteiger partial charge is 0.391 e.